The largest absolute Gasteiger partial charge is 0.380 e. The first-order chi connectivity index (χ1) is 9.42. The molecular formula is C12H24N4O3S. The van der Waals surface area contributed by atoms with E-state index in [1.807, 2.05) is 20.8 Å². The first-order valence-corrected chi connectivity index (χ1v) is 8.17. The third-order valence-electron chi connectivity index (χ3n) is 2.93. The van der Waals surface area contributed by atoms with Crippen molar-refractivity contribution < 1.29 is 13.2 Å². The van der Waals surface area contributed by atoms with Crippen LogP contribution >= 0.6 is 0 Å². The highest BCUT2D eigenvalue weighted by Crippen LogP contribution is 2.14. The summed E-state index contributed by atoms with van der Waals surface area (Å²) < 4.78 is 32.8. The van der Waals surface area contributed by atoms with Crippen molar-refractivity contribution in [2.45, 2.75) is 38.4 Å². The predicted octanol–water partition coefficient (Wildman–Crippen LogP) is 0.469. The van der Waals surface area contributed by atoms with Gasteiger partial charge in [0.1, 0.15) is 0 Å². The first-order valence-electron chi connectivity index (χ1n) is 6.69. The Morgan fingerprint density at radius 1 is 1.45 bits per heavy atom. The Kier molecular flexibility index (Phi) is 6.60. The molecule has 0 aromatic carbocycles. The lowest BCUT2D eigenvalue weighted by Crippen LogP contribution is -2.42. The zero-order valence-electron chi connectivity index (χ0n) is 12.4. The number of hydrogen-bond acceptors (Lipinski definition) is 5. The molecule has 7 nitrogen and oxygen atoms in total. The van der Waals surface area contributed by atoms with Gasteiger partial charge < -0.3 is 10.1 Å². The highest BCUT2D eigenvalue weighted by molar-refractivity contribution is 7.89. The van der Waals surface area contributed by atoms with Gasteiger partial charge in [0.25, 0.3) is 10.0 Å². The van der Waals surface area contributed by atoms with Gasteiger partial charge in [-0.25, -0.2) is 13.1 Å². The van der Waals surface area contributed by atoms with Crippen LogP contribution in [0.5, 0.6) is 0 Å². The molecule has 0 spiro atoms. The number of H-pyrrole nitrogens is 1. The third kappa shape index (κ3) is 4.55. The van der Waals surface area contributed by atoms with E-state index >= 15 is 0 Å². The molecule has 0 aliphatic carbocycles. The number of sulfonamides is 1. The first kappa shape index (κ1) is 17.1. The lowest BCUT2D eigenvalue weighted by atomic mass is 10.1. The van der Waals surface area contributed by atoms with Crippen LogP contribution in [0.25, 0.3) is 0 Å². The number of aromatic amines is 1. The second-order valence-corrected chi connectivity index (χ2v) is 6.54. The van der Waals surface area contributed by atoms with Crippen LogP contribution in [0, 0.1) is 5.92 Å². The van der Waals surface area contributed by atoms with Gasteiger partial charge >= 0.3 is 0 Å². The van der Waals surface area contributed by atoms with E-state index in [1.165, 1.54) is 6.20 Å². The van der Waals surface area contributed by atoms with Gasteiger partial charge in [-0.3, -0.25) is 5.10 Å². The summed E-state index contributed by atoms with van der Waals surface area (Å²) in [5.41, 5.74) is 0.610. The van der Waals surface area contributed by atoms with Gasteiger partial charge in [-0.1, -0.05) is 13.8 Å². The summed E-state index contributed by atoms with van der Waals surface area (Å²) >= 11 is 0. The summed E-state index contributed by atoms with van der Waals surface area (Å²) in [6.45, 7) is 7.13. The molecule has 8 heteroatoms. The normalized spacial score (nSPS) is 13.8. The van der Waals surface area contributed by atoms with E-state index in [9.17, 15) is 8.42 Å². The molecule has 0 saturated carbocycles. The van der Waals surface area contributed by atoms with E-state index in [0.717, 1.165) is 0 Å². The Labute approximate surface area is 120 Å². The molecule has 0 bridgehead atoms. The zero-order chi connectivity index (χ0) is 15.2. The average molecular weight is 304 g/mol. The van der Waals surface area contributed by atoms with E-state index in [-0.39, 0.29) is 17.0 Å². The minimum Gasteiger partial charge on any atom is -0.380 e. The van der Waals surface area contributed by atoms with Crippen molar-refractivity contribution >= 4 is 10.0 Å². The van der Waals surface area contributed by atoms with Gasteiger partial charge in [-0.2, -0.15) is 5.10 Å². The maximum absolute atomic E-state index is 12.4. The van der Waals surface area contributed by atoms with E-state index in [2.05, 4.69) is 20.2 Å². The summed E-state index contributed by atoms with van der Waals surface area (Å²) in [5, 5.41) is 9.38. The predicted molar refractivity (Wildman–Crippen MR) is 76.8 cm³/mol. The summed E-state index contributed by atoms with van der Waals surface area (Å²) in [6.07, 6.45) is 1.51. The Balaban J connectivity index is 2.88. The second kappa shape index (κ2) is 7.72. The van der Waals surface area contributed by atoms with Crippen molar-refractivity contribution in [3.8, 4) is 0 Å². The molecule has 0 aliphatic rings. The molecule has 1 rings (SSSR count). The van der Waals surface area contributed by atoms with Crippen molar-refractivity contribution in [3.05, 3.63) is 11.8 Å². The fourth-order valence-electron chi connectivity index (χ4n) is 1.71. The van der Waals surface area contributed by atoms with Crippen LogP contribution in [0.3, 0.4) is 0 Å². The monoisotopic (exact) mass is 304 g/mol. The molecule has 1 unspecified atom stereocenters. The van der Waals surface area contributed by atoms with E-state index < -0.39 is 10.0 Å². The Bertz CT molecular complexity index is 499. The Morgan fingerprint density at radius 3 is 2.70 bits per heavy atom. The van der Waals surface area contributed by atoms with Crippen LogP contribution in [0.4, 0.5) is 0 Å². The van der Waals surface area contributed by atoms with Crippen molar-refractivity contribution in [2.24, 2.45) is 5.92 Å². The quantitative estimate of drug-likeness (QED) is 0.616. The second-order valence-electron chi connectivity index (χ2n) is 4.89. The number of aromatic nitrogens is 2. The molecule has 0 aliphatic heterocycles. The molecular weight excluding hydrogens is 280 g/mol. The van der Waals surface area contributed by atoms with Gasteiger partial charge in [-0.05, 0) is 19.9 Å². The minimum absolute atomic E-state index is 0.106. The van der Waals surface area contributed by atoms with Gasteiger partial charge in [0.15, 0.2) is 5.03 Å². The molecule has 1 heterocycles. The SMILES string of the molecule is CCOCC(NS(=O)(=O)c1[nH]ncc1CNC)C(C)C. The summed E-state index contributed by atoms with van der Waals surface area (Å²) in [4.78, 5) is 0. The van der Waals surface area contributed by atoms with Crippen molar-refractivity contribution in [3.63, 3.8) is 0 Å². The van der Waals surface area contributed by atoms with E-state index in [4.69, 9.17) is 4.74 Å². The molecule has 1 aromatic rings. The maximum atomic E-state index is 12.4. The number of hydrogen-bond donors (Lipinski definition) is 3. The summed E-state index contributed by atoms with van der Waals surface area (Å²) in [6, 6.07) is -0.273. The Morgan fingerprint density at radius 2 is 2.15 bits per heavy atom. The average Bonchev–Trinajstić information content (AvgIpc) is 2.83. The number of nitrogens with zero attached hydrogens (tertiary/aromatic N) is 1. The highest BCUT2D eigenvalue weighted by Gasteiger charge is 2.26. The molecule has 116 valence electrons. The fraction of sp³-hybridized carbons (Fsp3) is 0.750. The summed E-state index contributed by atoms with van der Waals surface area (Å²) in [5.74, 6) is 0.131. The van der Waals surface area contributed by atoms with Crippen LogP contribution in [0.2, 0.25) is 0 Å². The van der Waals surface area contributed by atoms with Crippen molar-refractivity contribution in [1.29, 1.82) is 0 Å². The van der Waals surface area contributed by atoms with E-state index in [1.54, 1.807) is 7.05 Å². The molecule has 1 aromatic heterocycles. The fourth-order valence-corrected chi connectivity index (χ4v) is 3.21. The topological polar surface area (TPSA) is 96.1 Å². The van der Waals surface area contributed by atoms with Gasteiger partial charge in [0.2, 0.25) is 0 Å². The lowest BCUT2D eigenvalue weighted by molar-refractivity contribution is 0.116. The zero-order valence-corrected chi connectivity index (χ0v) is 13.3. The van der Waals surface area contributed by atoms with Crippen molar-refractivity contribution in [2.75, 3.05) is 20.3 Å². The molecule has 0 saturated heterocycles. The maximum Gasteiger partial charge on any atom is 0.258 e. The molecule has 0 radical (unpaired) electrons. The van der Waals surface area contributed by atoms with Crippen molar-refractivity contribution in [1.82, 2.24) is 20.2 Å². The standard InChI is InChI=1S/C12H24N4O3S/c1-5-19-8-11(9(2)3)16-20(17,18)12-10(6-13-4)7-14-15-12/h7,9,11,13,16H,5-6,8H2,1-4H3,(H,14,15). The number of nitrogens with one attached hydrogen (secondary N) is 3. The molecule has 3 N–H and O–H groups in total. The molecule has 1 atom stereocenters. The van der Waals surface area contributed by atoms with E-state index in [0.29, 0.717) is 25.3 Å². The number of rotatable bonds is 9. The molecule has 0 fully saturated rings. The summed E-state index contributed by atoms with van der Waals surface area (Å²) in [7, 11) is -1.88. The molecule has 0 amide bonds. The smallest absolute Gasteiger partial charge is 0.258 e. The lowest BCUT2D eigenvalue weighted by Gasteiger charge is -2.21. The number of ether oxygens (including phenoxy) is 1. The molecule has 20 heavy (non-hydrogen) atoms. The van der Waals surface area contributed by atoms with Crippen LogP contribution < -0.4 is 10.0 Å². The van der Waals surface area contributed by atoms with Crippen LogP contribution in [0.15, 0.2) is 11.2 Å². The van der Waals surface area contributed by atoms with Crippen LogP contribution in [-0.2, 0) is 21.3 Å². The Hall–Kier alpha value is -0.960. The van der Waals surface area contributed by atoms with Crippen LogP contribution in [0.1, 0.15) is 26.3 Å². The van der Waals surface area contributed by atoms with Gasteiger partial charge in [-0.15, -0.1) is 0 Å². The van der Waals surface area contributed by atoms with Gasteiger partial charge in [0, 0.05) is 24.8 Å². The minimum atomic E-state index is -3.63. The highest BCUT2D eigenvalue weighted by atomic mass is 32.2. The van der Waals surface area contributed by atoms with Crippen LogP contribution in [-0.4, -0.2) is 44.9 Å². The third-order valence-corrected chi connectivity index (χ3v) is 4.43. The van der Waals surface area contributed by atoms with Gasteiger partial charge in [0.05, 0.1) is 12.8 Å².